The standard InChI is InChI=1S/C25H31Cl3N4O/c1-16(21-7-5-18(26)14-23(21)28)30-24-15-20(6-8-22(24)27)32-11-9-31(10-12-32)19-4-2-3-17(13-19)25(29)33/h5-8,14-17,19,30H,2-4,9-13H2,1H3,(H2,29,33)/t16?,17-,19+/m0/s1. The Bertz CT molecular complexity index is 994. The van der Waals surface area contributed by atoms with Crippen molar-refractivity contribution >= 4 is 52.1 Å². The van der Waals surface area contributed by atoms with Gasteiger partial charge < -0.3 is 16.0 Å². The van der Waals surface area contributed by atoms with E-state index in [1.807, 2.05) is 18.2 Å². The number of benzene rings is 2. The number of carbonyl (C=O) groups is 1. The second kappa shape index (κ2) is 10.7. The van der Waals surface area contributed by atoms with Crippen LogP contribution in [-0.2, 0) is 4.79 Å². The van der Waals surface area contributed by atoms with Gasteiger partial charge in [0.25, 0.3) is 0 Å². The largest absolute Gasteiger partial charge is 0.377 e. The predicted octanol–water partition coefficient (Wildman–Crippen LogP) is 5.99. The monoisotopic (exact) mass is 508 g/mol. The lowest BCUT2D eigenvalue weighted by atomic mass is 9.84. The summed E-state index contributed by atoms with van der Waals surface area (Å²) in [6.07, 6.45) is 4.08. The van der Waals surface area contributed by atoms with Crippen LogP contribution in [-0.4, -0.2) is 43.0 Å². The maximum absolute atomic E-state index is 11.6. The first kappa shape index (κ1) is 24.5. The normalized spacial score (nSPS) is 22.7. The lowest BCUT2D eigenvalue weighted by molar-refractivity contribution is -0.123. The summed E-state index contributed by atoms with van der Waals surface area (Å²) in [4.78, 5) is 16.6. The van der Waals surface area contributed by atoms with Crippen LogP contribution in [0.2, 0.25) is 15.1 Å². The molecule has 5 nitrogen and oxygen atoms in total. The Labute approximate surface area is 211 Å². The van der Waals surface area contributed by atoms with Gasteiger partial charge in [0.15, 0.2) is 0 Å². The number of hydrogen-bond acceptors (Lipinski definition) is 4. The minimum absolute atomic E-state index is 0.0242. The molecule has 0 spiro atoms. The molecule has 0 aromatic heterocycles. The zero-order chi connectivity index (χ0) is 23.5. The molecule has 2 aromatic rings. The van der Waals surface area contributed by atoms with Gasteiger partial charge in [0.1, 0.15) is 0 Å². The minimum Gasteiger partial charge on any atom is -0.377 e. The maximum Gasteiger partial charge on any atom is 0.220 e. The fraction of sp³-hybridized carbons (Fsp3) is 0.480. The van der Waals surface area contributed by atoms with Crippen molar-refractivity contribution in [3.8, 4) is 0 Å². The Kier molecular flexibility index (Phi) is 7.95. The SMILES string of the molecule is CC(Nc1cc(N2CCN([C@@H]3CCC[C@H](C(N)=O)C3)CC2)ccc1Cl)c1ccc(Cl)cc1Cl. The Hall–Kier alpha value is -1.66. The van der Waals surface area contributed by atoms with E-state index in [4.69, 9.17) is 40.5 Å². The number of halogens is 3. The van der Waals surface area contributed by atoms with Crippen LogP contribution in [0.4, 0.5) is 11.4 Å². The summed E-state index contributed by atoms with van der Waals surface area (Å²) >= 11 is 18.9. The number of rotatable bonds is 6. The molecule has 1 saturated carbocycles. The van der Waals surface area contributed by atoms with Gasteiger partial charge in [-0.2, -0.15) is 0 Å². The number of anilines is 2. The van der Waals surface area contributed by atoms with E-state index in [-0.39, 0.29) is 17.9 Å². The molecule has 1 aliphatic heterocycles. The molecule has 3 atom stereocenters. The van der Waals surface area contributed by atoms with E-state index in [9.17, 15) is 4.79 Å². The molecule has 1 saturated heterocycles. The van der Waals surface area contributed by atoms with Crippen molar-refractivity contribution in [3.05, 3.63) is 57.0 Å². The molecule has 1 unspecified atom stereocenters. The van der Waals surface area contributed by atoms with Gasteiger partial charge in [-0.25, -0.2) is 0 Å². The zero-order valence-corrected chi connectivity index (χ0v) is 21.1. The number of nitrogens with zero attached hydrogens (tertiary/aromatic N) is 2. The first-order chi connectivity index (χ1) is 15.8. The Morgan fingerprint density at radius 1 is 1.03 bits per heavy atom. The molecule has 0 radical (unpaired) electrons. The molecule has 2 aromatic carbocycles. The van der Waals surface area contributed by atoms with Crippen LogP contribution in [0.3, 0.4) is 0 Å². The van der Waals surface area contributed by atoms with Crippen molar-refractivity contribution in [1.29, 1.82) is 0 Å². The topological polar surface area (TPSA) is 61.6 Å². The van der Waals surface area contributed by atoms with Crippen molar-refractivity contribution in [2.24, 2.45) is 11.7 Å². The highest BCUT2D eigenvalue weighted by Crippen LogP contribution is 2.34. The molecule has 8 heteroatoms. The molecule has 1 heterocycles. The quantitative estimate of drug-likeness (QED) is 0.502. The molecule has 0 bridgehead atoms. The number of hydrogen-bond donors (Lipinski definition) is 2. The van der Waals surface area contributed by atoms with Crippen LogP contribution < -0.4 is 16.0 Å². The third kappa shape index (κ3) is 5.89. The average molecular weight is 510 g/mol. The summed E-state index contributed by atoms with van der Waals surface area (Å²) in [5.41, 5.74) is 8.57. The van der Waals surface area contributed by atoms with Gasteiger partial charge in [-0.1, -0.05) is 47.3 Å². The number of nitrogens with two attached hydrogens (primary N) is 1. The summed E-state index contributed by atoms with van der Waals surface area (Å²) in [5.74, 6) is -0.114. The molecular formula is C25H31Cl3N4O. The van der Waals surface area contributed by atoms with E-state index in [1.165, 1.54) is 0 Å². The smallest absolute Gasteiger partial charge is 0.220 e. The fourth-order valence-electron chi connectivity index (χ4n) is 5.08. The summed E-state index contributed by atoms with van der Waals surface area (Å²) < 4.78 is 0. The minimum atomic E-state index is -0.145. The van der Waals surface area contributed by atoms with Crippen molar-refractivity contribution in [3.63, 3.8) is 0 Å². The van der Waals surface area contributed by atoms with Crippen molar-refractivity contribution in [2.45, 2.75) is 44.7 Å². The van der Waals surface area contributed by atoms with Crippen LogP contribution in [0.15, 0.2) is 36.4 Å². The first-order valence-corrected chi connectivity index (χ1v) is 12.7. The van der Waals surface area contributed by atoms with Gasteiger partial charge >= 0.3 is 0 Å². The second-order valence-corrected chi connectivity index (χ2v) is 10.4. The molecular weight excluding hydrogens is 479 g/mol. The van der Waals surface area contributed by atoms with Gasteiger partial charge in [0.05, 0.1) is 16.8 Å². The molecule has 3 N–H and O–H groups in total. The first-order valence-electron chi connectivity index (χ1n) is 11.6. The summed E-state index contributed by atoms with van der Waals surface area (Å²) in [5, 5.41) is 5.43. The van der Waals surface area contributed by atoms with E-state index in [2.05, 4.69) is 34.2 Å². The molecule has 2 fully saturated rings. The number of piperazine rings is 1. The molecule has 2 aliphatic rings. The summed E-state index contributed by atoms with van der Waals surface area (Å²) in [6, 6.07) is 12.1. The van der Waals surface area contributed by atoms with Crippen LogP contribution in [0.5, 0.6) is 0 Å². The summed E-state index contributed by atoms with van der Waals surface area (Å²) in [7, 11) is 0. The Morgan fingerprint density at radius 3 is 2.48 bits per heavy atom. The highest BCUT2D eigenvalue weighted by atomic mass is 35.5. The van der Waals surface area contributed by atoms with Crippen molar-refractivity contribution in [1.82, 2.24) is 4.90 Å². The average Bonchev–Trinajstić information content (AvgIpc) is 2.80. The van der Waals surface area contributed by atoms with E-state index >= 15 is 0 Å². The maximum atomic E-state index is 11.6. The van der Waals surface area contributed by atoms with Gasteiger partial charge in [-0.05, 0) is 62.1 Å². The van der Waals surface area contributed by atoms with Crippen LogP contribution >= 0.6 is 34.8 Å². The third-order valence-electron chi connectivity index (χ3n) is 7.00. The van der Waals surface area contributed by atoms with Crippen LogP contribution in [0.25, 0.3) is 0 Å². The van der Waals surface area contributed by atoms with E-state index < -0.39 is 0 Å². The summed E-state index contributed by atoms with van der Waals surface area (Å²) in [6.45, 7) is 5.91. The van der Waals surface area contributed by atoms with Crippen molar-refractivity contribution < 1.29 is 4.79 Å². The van der Waals surface area contributed by atoms with Gasteiger partial charge in [0.2, 0.25) is 5.91 Å². The molecule has 1 amide bonds. The lowest BCUT2D eigenvalue weighted by Gasteiger charge is -2.42. The second-order valence-electron chi connectivity index (χ2n) is 9.14. The molecule has 4 rings (SSSR count). The number of nitrogens with one attached hydrogen (secondary N) is 1. The Morgan fingerprint density at radius 2 is 1.79 bits per heavy atom. The van der Waals surface area contributed by atoms with Crippen LogP contribution in [0, 0.1) is 5.92 Å². The molecule has 178 valence electrons. The highest BCUT2D eigenvalue weighted by Gasteiger charge is 2.31. The third-order valence-corrected chi connectivity index (χ3v) is 7.89. The number of primary amides is 1. The van der Waals surface area contributed by atoms with Gasteiger partial charge in [0, 0.05) is 53.9 Å². The van der Waals surface area contributed by atoms with E-state index in [0.717, 1.165) is 68.8 Å². The van der Waals surface area contributed by atoms with Gasteiger partial charge in [-0.15, -0.1) is 0 Å². The zero-order valence-electron chi connectivity index (χ0n) is 18.9. The van der Waals surface area contributed by atoms with E-state index in [1.54, 1.807) is 6.07 Å². The fourth-order valence-corrected chi connectivity index (χ4v) is 5.83. The predicted molar refractivity (Wildman–Crippen MR) is 139 cm³/mol. The Balaban J connectivity index is 1.39. The van der Waals surface area contributed by atoms with Gasteiger partial charge in [-0.3, -0.25) is 9.69 Å². The lowest BCUT2D eigenvalue weighted by Crippen LogP contribution is -2.52. The molecule has 33 heavy (non-hydrogen) atoms. The van der Waals surface area contributed by atoms with Crippen molar-refractivity contribution in [2.75, 3.05) is 36.4 Å². The number of amides is 1. The number of carbonyl (C=O) groups excluding carboxylic acids is 1. The van der Waals surface area contributed by atoms with Crippen LogP contribution in [0.1, 0.15) is 44.2 Å². The molecule has 1 aliphatic carbocycles. The van der Waals surface area contributed by atoms with E-state index in [0.29, 0.717) is 21.1 Å². The highest BCUT2D eigenvalue weighted by molar-refractivity contribution is 6.35.